The van der Waals surface area contributed by atoms with Crippen LogP contribution in [0.1, 0.15) is 0 Å². The van der Waals surface area contributed by atoms with E-state index in [0.717, 1.165) is 83.9 Å². The number of hydrogen-bond donors (Lipinski definition) is 0. The zero-order valence-corrected chi connectivity index (χ0v) is 41.5. The maximum atomic E-state index is 7.14. The zero-order chi connectivity index (χ0) is 48.7. The van der Waals surface area contributed by atoms with Gasteiger partial charge >= 0.3 is 0 Å². The van der Waals surface area contributed by atoms with Gasteiger partial charge in [-0.2, -0.15) is 0 Å². The molecule has 0 aliphatic rings. The molecule has 0 unspecified atom stereocenters. The Balaban J connectivity index is 0.917. The molecule has 0 aliphatic carbocycles. The fourth-order valence-corrected chi connectivity index (χ4v) is 13.6. The van der Waals surface area contributed by atoms with Crippen LogP contribution in [-0.4, -0.2) is 0 Å². The molecule has 15 aromatic rings. The summed E-state index contributed by atoms with van der Waals surface area (Å²) in [5, 5.41) is 11.7. The lowest BCUT2D eigenvalue weighted by atomic mass is 10.0. The minimum absolute atomic E-state index is 0.835. The van der Waals surface area contributed by atoms with E-state index >= 15 is 0 Å². The van der Waals surface area contributed by atoms with Crippen LogP contribution in [0.5, 0.6) is 0 Å². The largest absolute Gasteiger partial charge is 0.455 e. The van der Waals surface area contributed by atoms with Crippen molar-refractivity contribution in [1.82, 2.24) is 0 Å². The zero-order valence-electron chi connectivity index (χ0n) is 39.9. The first-order valence-electron chi connectivity index (χ1n) is 25.0. The number of para-hydroxylation sites is 3. The first-order valence-corrected chi connectivity index (χ1v) is 26.6. The smallest absolute Gasteiger partial charge is 0.143 e. The summed E-state index contributed by atoms with van der Waals surface area (Å²) in [6, 6.07) is 94.5. The summed E-state index contributed by atoms with van der Waals surface area (Å²) in [5.74, 6) is 0. The highest BCUT2D eigenvalue weighted by molar-refractivity contribution is 7.26. The summed E-state index contributed by atoms with van der Waals surface area (Å²) in [6.45, 7) is 0. The molecule has 0 saturated heterocycles. The van der Waals surface area contributed by atoms with E-state index in [0.29, 0.717) is 0 Å². The van der Waals surface area contributed by atoms with E-state index in [1.807, 2.05) is 22.7 Å². The van der Waals surface area contributed by atoms with Crippen LogP contribution in [0.3, 0.4) is 0 Å². The lowest BCUT2D eigenvalue weighted by Gasteiger charge is -2.28. The molecule has 3 aromatic heterocycles. The molecule has 0 atom stereocenters. The Hall–Kier alpha value is -9.20. The van der Waals surface area contributed by atoms with Crippen molar-refractivity contribution in [3.05, 3.63) is 261 Å². The fourth-order valence-electron chi connectivity index (χ4n) is 11.2. The van der Waals surface area contributed by atoms with Gasteiger partial charge in [-0.1, -0.05) is 152 Å². The van der Waals surface area contributed by atoms with Crippen LogP contribution in [0.2, 0.25) is 0 Å². The molecule has 0 bridgehead atoms. The van der Waals surface area contributed by atoms with Gasteiger partial charge in [-0.05, 0) is 109 Å². The van der Waals surface area contributed by atoms with Gasteiger partial charge in [0, 0.05) is 103 Å². The number of nitrogens with zero attached hydrogens (tertiary/aromatic N) is 3. The van der Waals surface area contributed by atoms with E-state index < -0.39 is 0 Å². The number of anilines is 9. The highest BCUT2D eigenvalue weighted by Crippen LogP contribution is 2.50. The third-order valence-electron chi connectivity index (χ3n) is 14.6. The molecular formula is C68H43N3OS2. The Morgan fingerprint density at radius 3 is 1.57 bits per heavy atom. The first kappa shape index (κ1) is 42.5. The molecule has 0 N–H and O–H groups in total. The number of furan rings is 1. The average Bonchev–Trinajstić information content (AvgIpc) is 4.16. The van der Waals surface area contributed by atoms with Gasteiger partial charge in [-0.3, -0.25) is 0 Å². The molecule has 12 aromatic carbocycles. The van der Waals surface area contributed by atoms with Gasteiger partial charge in [-0.25, -0.2) is 0 Å². The first-order chi connectivity index (χ1) is 36.7. The fraction of sp³-hybridized carbons (Fsp3) is 0. The van der Waals surface area contributed by atoms with Gasteiger partial charge < -0.3 is 19.1 Å². The number of benzene rings is 12. The van der Waals surface area contributed by atoms with Crippen LogP contribution in [0.15, 0.2) is 265 Å². The molecular weight excluding hydrogens is 939 g/mol. The second-order valence-electron chi connectivity index (χ2n) is 18.8. The quantitative estimate of drug-likeness (QED) is 0.144. The summed E-state index contributed by atoms with van der Waals surface area (Å²) < 4.78 is 12.1. The van der Waals surface area contributed by atoms with Crippen molar-refractivity contribution >= 4 is 158 Å². The van der Waals surface area contributed by atoms with Crippen molar-refractivity contribution in [2.45, 2.75) is 0 Å². The number of hydrogen-bond acceptors (Lipinski definition) is 6. The molecule has 0 aliphatic heterocycles. The monoisotopic (exact) mass is 981 g/mol. The van der Waals surface area contributed by atoms with Crippen molar-refractivity contribution in [3.63, 3.8) is 0 Å². The highest BCUT2D eigenvalue weighted by atomic mass is 32.1. The van der Waals surface area contributed by atoms with Crippen LogP contribution < -0.4 is 14.7 Å². The van der Waals surface area contributed by atoms with Crippen LogP contribution in [0, 0.1) is 0 Å². The predicted octanol–water partition coefficient (Wildman–Crippen LogP) is 21.0. The van der Waals surface area contributed by atoms with Crippen LogP contribution in [0.4, 0.5) is 51.2 Å². The third kappa shape index (κ3) is 6.87. The van der Waals surface area contributed by atoms with Crippen molar-refractivity contribution in [2.75, 3.05) is 14.7 Å². The number of rotatable bonds is 9. The Labute approximate surface area is 435 Å². The molecule has 0 saturated carbocycles. The van der Waals surface area contributed by atoms with E-state index in [2.05, 4.69) is 276 Å². The molecule has 15 rings (SSSR count). The van der Waals surface area contributed by atoms with Gasteiger partial charge in [0.1, 0.15) is 11.2 Å². The topological polar surface area (TPSA) is 22.9 Å². The average molecular weight is 982 g/mol. The molecule has 74 heavy (non-hydrogen) atoms. The van der Waals surface area contributed by atoms with Crippen molar-refractivity contribution in [3.8, 4) is 0 Å². The Kier molecular flexibility index (Phi) is 9.90. The van der Waals surface area contributed by atoms with E-state index in [4.69, 9.17) is 4.42 Å². The molecule has 3 heterocycles. The third-order valence-corrected chi connectivity index (χ3v) is 16.9. The van der Waals surface area contributed by atoms with E-state index in [1.54, 1.807) is 0 Å². The number of thiophene rings is 2. The SMILES string of the molecule is c1ccc(N(c2ccccc2)c2ccc3sc4cc(N(c5ccc6c(c5)oc5c7ccccc7c(N(c7ccccc7)c7cccc8ccccc78)cc65)c5cccc6c5sc5ccccc56)ccc4c3c2)cc1. The molecule has 6 heteroatoms. The maximum Gasteiger partial charge on any atom is 0.143 e. The summed E-state index contributed by atoms with van der Waals surface area (Å²) in [5.41, 5.74) is 11.6. The van der Waals surface area contributed by atoms with Gasteiger partial charge in [0.25, 0.3) is 0 Å². The normalized spacial score (nSPS) is 11.8. The highest BCUT2D eigenvalue weighted by Gasteiger charge is 2.25. The standard InChI is InChI=1S/C68H43N3OS2/c1-4-20-45(21-5-1)69(46-22-6-2-7-23-46)48-36-39-65-58(40-48)55-38-35-50(42-66(55)73-65)70(61-32-17-30-57-54-28-14-15-33-64(54)74-68(57)61)49-34-37-53-59-43-62(52-27-12-13-29-56(52)67(59)72-63(53)41-49)71(47-24-8-3-9-25-47)60-31-16-19-44-18-10-11-26-51(44)60/h1-43H. The molecule has 0 spiro atoms. The predicted molar refractivity (Wildman–Crippen MR) is 319 cm³/mol. The van der Waals surface area contributed by atoms with Crippen molar-refractivity contribution in [2.24, 2.45) is 0 Å². The minimum atomic E-state index is 0.835. The van der Waals surface area contributed by atoms with Gasteiger partial charge in [0.05, 0.1) is 21.8 Å². The van der Waals surface area contributed by atoms with E-state index in [9.17, 15) is 0 Å². The maximum absolute atomic E-state index is 7.14. The summed E-state index contributed by atoms with van der Waals surface area (Å²) in [6.07, 6.45) is 0. The molecule has 4 nitrogen and oxygen atoms in total. The van der Waals surface area contributed by atoms with E-state index in [-0.39, 0.29) is 0 Å². The molecule has 348 valence electrons. The van der Waals surface area contributed by atoms with E-state index in [1.165, 1.54) is 51.1 Å². The Morgan fingerprint density at radius 1 is 0.257 bits per heavy atom. The molecule has 0 radical (unpaired) electrons. The van der Waals surface area contributed by atoms with Crippen LogP contribution in [-0.2, 0) is 0 Å². The van der Waals surface area contributed by atoms with Crippen LogP contribution in [0.25, 0.3) is 83.8 Å². The summed E-state index contributed by atoms with van der Waals surface area (Å²) in [7, 11) is 0. The minimum Gasteiger partial charge on any atom is -0.455 e. The lowest BCUT2D eigenvalue weighted by Crippen LogP contribution is -2.11. The van der Waals surface area contributed by atoms with Gasteiger partial charge in [0.15, 0.2) is 0 Å². The molecule has 0 fully saturated rings. The molecule has 0 amide bonds. The van der Waals surface area contributed by atoms with Gasteiger partial charge in [0.2, 0.25) is 0 Å². The van der Waals surface area contributed by atoms with Gasteiger partial charge in [-0.15, -0.1) is 22.7 Å². The second-order valence-corrected chi connectivity index (χ2v) is 21.0. The van der Waals surface area contributed by atoms with Crippen LogP contribution >= 0.6 is 22.7 Å². The van der Waals surface area contributed by atoms with Crippen molar-refractivity contribution < 1.29 is 4.42 Å². The van der Waals surface area contributed by atoms with Crippen molar-refractivity contribution in [1.29, 1.82) is 0 Å². The number of fused-ring (bicyclic) bond motifs is 12. The Morgan fingerprint density at radius 2 is 0.797 bits per heavy atom. The second kappa shape index (κ2) is 17.2. The summed E-state index contributed by atoms with van der Waals surface area (Å²) >= 11 is 3.70. The summed E-state index contributed by atoms with van der Waals surface area (Å²) in [4.78, 5) is 7.19. The Bertz CT molecular complexity index is 4590. The lowest BCUT2D eigenvalue weighted by molar-refractivity contribution is 0.672.